The number of halogens is 2. The summed E-state index contributed by atoms with van der Waals surface area (Å²) in [6.45, 7) is 1.02. The molecule has 0 aromatic heterocycles. The molecular weight excluding hydrogens is 295 g/mol. The van der Waals surface area contributed by atoms with Gasteiger partial charge in [-0.3, -0.25) is 10.1 Å². The third-order valence-electron chi connectivity index (χ3n) is 2.05. The second-order valence-corrected chi connectivity index (χ2v) is 4.23. The summed E-state index contributed by atoms with van der Waals surface area (Å²) in [4.78, 5) is 9.99. The average Bonchev–Trinajstić information content (AvgIpc) is 2.22. The van der Waals surface area contributed by atoms with Gasteiger partial charge in [0.2, 0.25) is 5.82 Å². The fourth-order valence-electron chi connectivity index (χ4n) is 1.33. The summed E-state index contributed by atoms with van der Waals surface area (Å²) in [5.74, 6) is -0.862. The van der Waals surface area contributed by atoms with Crippen LogP contribution in [0.1, 0.15) is 6.42 Å². The molecule has 7 heteroatoms. The van der Waals surface area contributed by atoms with Crippen molar-refractivity contribution >= 4 is 27.3 Å². The first-order valence-electron chi connectivity index (χ1n) is 4.92. The van der Waals surface area contributed by atoms with Crippen LogP contribution in [0.5, 0.6) is 0 Å². The number of methoxy groups -OCH3 is 1. The summed E-state index contributed by atoms with van der Waals surface area (Å²) in [7, 11) is 1.57. The molecule has 0 heterocycles. The van der Waals surface area contributed by atoms with Gasteiger partial charge in [0.25, 0.3) is 0 Å². The Kier molecular flexibility index (Phi) is 5.30. The molecule has 1 aromatic rings. The van der Waals surface area contributed by atoms with Gasteiger partial charge in [0.15, 0.2) is 0 Å². The standard InChI is InChI=1S/C10H12BrFN2O3/c1-17-4-2-3-13-9-6-7(11)5-8(12)10(9)14(15)16/h5-6,13H,2-4H2,1H3. The molecule has 5 nitrogen and oxygen atoms in total. The molecule has 0 saturated heterocycles. The maximum absolute atomic E-state index is 13.4. The third-order valence-corrected chi connectivity index (χ3v) is 2.51. The minimum absolute atomic E-state index is 0.165. The first-order valence-corrected chi connectivity index (χ1v) is 5.71. The van der Waals surface area contributed by atoms with Crippen molar-refractivity contribution in [2.45, 2.75) is 6.42 Å². The zero-order valence-electron chi connectivity index (χ0n) is 9.20. The van der Waals surface area contributed by atoms with Crippen LogP contribution < -0.4 is 5.32 Å². The molecule has 0 aliphatic carbocycles. The lowest BCUT2D eigenvalue weighted by molar-refractivity contribution is -0.386. The number of nitrogens with one attached hydrogen (secondary N) is 1. The minimum atomic E-state index is -0.862. The maximum Gasteiger partial charge on any atom is 0.327 e. The van der Waals surface area contributed by atoms with Crippen molar-refractivity contribution < 1.29 is 14.1 Å². The Morgan fingerprint density at radius 2 is 2.29 bits per heavy atom. The van der Waals surface area contributed by atoms with E-state index in [1.54, 1.807) is 7.11 Å². The van der Waals surface area contributed by atoms with E-state index in [0.717, 1.165) is 6.07 Å². The van der Waals surface area contributed by atoms with E-state index >= 15 is 0 Å². The van der Waals surface area contributed by atoms with E-state index in [2.05, 4.69) is 21.2 Å². The molecule has 0 aliphatic rings. The van der Waals surface area contributed by atoms with Crippen LogP contribution in [0.3, 0.4) is 0 Å². The molecule has 0 fully saturated rings. The molecule has 94 valence electrons. The highest BCUT2D eigenvalue weighted by Gasteiger charge is 2.20. The zero-order valence-corrected chi connectivity index (χ0v) is 10.8. The van der Waals surface area contributed by atoms with Gasteiger partial charge in [-0.15, -0.1) is 0 Å². The highest BCUT2D eigenvalue weighted by molar-refractivity contribution is 9.10. The van der Waals surface area contributed by atoms with Crippen molar-refractivity contribution in [2.75, 3.05) is 25.6 Å². The SMILES string of the molecule is COCCCNc1cc(Br)cc(F)c1[N+](=O)[O-]. The molecule has 17 heavy (non-hydrogen) atoms. The molecule has 0 spiro atoms. The molecular formula is C10H12BrFN2O3. The topological polar surface area (TPSA) is 64.4 Å². The van der Waals surface area contributed by atoms with Crippen molar-refractivity contribution in [1.82, 2.24) is 0 Å². The number of ether oxygens (including phenoxy) is 1. The molecule has 1 N–H and O–H groups in total. The fraction of sp³-hybridized carbons (Fsp3) is 0.400. The predicted octanol–water partition coefficient (Wildman–Crippen LogP) is 2.94. The van der Waals surface area contributed by atoms with Crippen LogP contribution in [-0.2, 0) is 4.74 Å². The number of nitrogens with zero attached hydrogens (tertiary/aromatic N) is 1. The first kappa shape index (κ1) is 13.9. The number of nitro benzene ring substituents is 1. The lowest BCUT2D eigenvalue weighted by Gasteiger charge is -2.07. The summed E-state index contributed by atoms with van der Waals surface area (Å²) in [5, 5.41) is 13.5. The zero-order chi connectivity index (χ0) is 12.8. The fourth-order valence-corrected chi connectivity index (χ4v) is 1.76. The first-order chi connectivity index (χ1) is 8.06. The predicted molar refractivity (Wildman–Crippen MR) is 65.7 cm³/mol. The average molecular weight is 307 g/mol. The maximum atomic E-state index is 13.4. The van der Waals surface area contributed by atoms with E-state index in [-0.39, 0.29) is 5.69 Å². The van der Waals surface area contributed by atoms with Gasteiger partial charge in [-0.05, 0) is 18.6 Å². The molecule has 0 atom stereocenters. The van der Waals surface area contributed by atoms with E-state index in [1.807, 2.05) is 0 Å². The second kappa shape index (κ2) is 6.51. The van der Waals surface area contributed by atoms with Gasteiger partial charge in [0, 0.05) is 24.7 Å². The quantitative estimate of drug-likeness (QED) is 0.498. The molecule has 0 unspecified atom stereocenters. The summed E-state index contributed by atoms with van der Waals surface area (Å²) >= 11 is 3.09. The van der Waals surface area contributed by atoms with Crippen LogP contribution >= 0.6 is 15.9 Å². The van der Waals surface area contributed by atoms with Crippen LogP contribution in [-0.4, -0.2) is 25.2 Å². The van der Waals surface area contributed by atoms with Crippen molar-refractivity contribution in [3.05, 3.63) is 32.5 Å². The van der Waals surface area contributed by atoms with Gasteiger partial charge in [-0.1, -0.05) is 15.9 Å². The van der Waals surface area contributed by atoms with Gasteiger partial charge >= 0.3 is 5.69 Å². The monoisotopic (exact) mass is 306 g/mol. The van der Waals surface area contributed by atoms with Gasteiger partial charge in [-0.2, -0.15) is 4.39 Å². The van der Waals surface area contributed by atoms with Gasteiger partial charge in [0.05, 0.1) is 4.92 Å². The number of nitro groups is 1. The van der Waals surface area contributed by atoms with E-state index in [4.69, 9.17) is 4.74 Å². The van der Waals surface area contributed by atoms with E-state index in [1.165, 1.54) is 6.07 Å². The van der Waals surface area contributed by atoms with Gasteiger partial charge < -0.3 is 10.1 Å². The number of anilines is 1. The summed E-state index contributed by atoms with van der Waals surface area (Å²) in [6, 6.07) is 2.55. The number of hydrogen-bond acceptors (Lipinski definition) is 4. The highest BCUT2D eigenvalue weighted by atomic mass is 79.9. The number of rotatable bonds is 6. The van der Waals surface area contributed by atoms with Crippen molar-refractivity contribution in [3.63, 3.8) is 0 Å². The van der Waals surface area contributed by atoms with Crippen molar-refractivity contribution in [2.24, 2.45) is 0 Å². The van der Waals surface area contributed by atoms with Crippen molar-refractivity contribution in [3.8, 4) is 0 Å². The Hall–Kier alpha value is -1.21. The summed E-state index contributed by atoms with van der Waals surface area (Å²) in [5.41, 5.74) is -0.372. The highest BCUT2D eigenvalue weighted by Crippen LogP contribution is 2.31. The Balaban J connectivity index is 2.85. The smallest absolute Gasteiger partial charge is 0.327 e. The van der Waals surface area contributed by atoms with Crippen LogP contribution in [0.25, 0.3) is 0 Å². The number of hydrogen-bond donors (Lipinski definition) is 1. The normalized spacial score (nSPS) is 10.3. The Morgan fingerprint density at radius 3 is 2.88 bits per heavy atom. The van der Waals surface area contributed by atoms with Crippen LogP contribution in [0.15, 0.2) is 16.6 Å². The molecule has 1 rings (SSSR count). The Labute approximate surface area is 106 Å². The summed E-state index contributed by atoms with van der Waals surface area (Å²) in [6.07, 6.45) is 0.682. The lowest BCUT2D eigenvalue weighted by Crippen LogP contribution is -2.07. The second-order valence-electron chi connectivity index (χ2n) is 3.31. The van der Waals surface area contributed by atoms with E-state index < -0.39 is 16.4 Å². The third kappa shape index (κ3) is 3.94. The van der Waals surface area contributed by atoms with Gasteiger partial charge in [-0.25, -0.2) is 0 Å². The molecule has 0 bridgehead atoms. The number of benzene rings is 1. The molecule has 0 amide bonds. The van der Waals surface area contributed by atoms with Crippen LogP contribution in [0, 0.1) is 15.9 Å². The molecule has 1 aromatic carbocycles. The lowest BCUT2D eigenvalue weighted by atomic mass is 10.2. The summed E-state index contributed by atoms with van der Waals surface area (Å²) < 4.78 is 18.7. The Bertz CT molecular complexity index is 415. The van der Waals surface area contributed by atoms with E-state index in [9.17, 15) is 14.5 Å². The largest absolute Gasteiger partial charge is 0.385 e. The molecule has 0 saturated carbocycles. The van der Waals surface area contributed by atoms with Crippen LogP contribution in [0.2, 0.25) is 0 Å². The van der Waals surface area contributed by atoms with Crippen molar-refractivity contribution in [1.29, 1.82) is 0 Å². The molecule has 0 aliphatic heterocycles. The van der Waals surface area contributed by atoms with Gasteiger partial charge in [0.1, 0.15) is 5.69 Å². The Morgan fingerprint density at radius 1 is 1.59 bits per heavy atom. The van der Waals surface area contributed by atoms with Crippen LogP contribution in [0.4, 0.5) is 15.8 Å². The minimum Gasteiger partial charge on any atom is -0.385 e. The molecule has 0 radical (unpaired) electrons. The van der Waals surface area contributed by atoms with E-state index in [0.29, 0.717) is 24.0 Å².